The van der Waals surface area contributed by atoms with Crippen molar-refractivity contribution in [2.45, 2.75) is 4.87 Å². The van der Waals surface area contributed by atoms with Crippen molar-refractivity contribution in [1.82, 2.24) is 4.90 Å². The normalized spacial score (nSPS) is 15.3. The van der Waals surface area contributed by atoms with Gasteiger partial charge in [0.2, 0.25) is 0 Å². The molecule has 0 amide bonds. The Morgan fingerprint density at radius 2 is 2.14 bits per heavy atom. The number of nitriles is 1. The highest BCUT2D eigenvalue weighted by molar-refractivity contribution is 6.48. The molecule has 1 unspecified atom stereocenters. The van der Waals surface area contributed by atoms with E-state index in [2.05, 4.69) is 9.73 Å². The van der Waals surface area contributed by atoms with Gasteiger partial charge in [0.15, 0.2) is 0 Å². The minimum absolute atomic E-state index is 0.147. The van der Waals surface area contributed by atoms with Gasteiger partial charge in [-0.1, -0.05) is 11.6 Å². The quantitative estimate of drug-likeness (QED) is 0.288. The summed E-state index contributed by atoms with van der Waals surface area (Å²) in [7, 11) is 5.89. The van der Waals surface area contributed by atoms with E-state index in [1.807, 2.05) is 0 Å². The first-order chi connectivity index (χ1) is 6.43. The summed E-state index contributed by atoms with van der Waals surface area (Å²) in [5.74, 6) is -0.690. The Balaban J connectivity index is 5.26. The Morgan fingerprint density at radius 1 is 1.64 bits per heavy atom. The smallest absolute Gasteiger partial charge is 0.349 e. The number of ether oxygens (including phenoxy) is 1. The van der Waals surface area contributed by atoms with Gasteiger partial charge >= 0.3 is 5.97 Å². The second-order valence-corrected chi connectivity index (χ2v) is 3.27. The number of halogens is 1. The summed E-state index contributed by atoms with van der Waals surface area (Å²) in [5, 5.41) is 8.85. The molecule has 6 heteroatoms. The van der Waals surface area contributed by atoms with Crippen LogP contribution in [-0.2, 0) is 9.53 Å². The monoisotopic (exact) mass is 217 g/mol. The first-order valence-electron chi connectivity index (χ1n) is 3.77. The molecule has 0 radical (unpaired) electrons. The largest absolute Gasteiger partial charge is 0.467 e. The number of rotatable bonds is 2. The van der Waals surface area contributed by atoms with Gasteiger partial charge in [0.25, 0.3) is 4.87 Å². The van der Waals surface area contributed by atoms with Gasteiger partial charge in [0, 0.05) is 21.1 Å². The number of methoxy groups -OCH3 is 1. The second kappa shape index (κ2) is 4.82. The number of hydrogen-bond donors (Lipinski definition) is 0. The predicted molar refractivity (Wildman–Crippen MR) is 53.3 cm³/mol. The number of nitrogens with zero attached hydrogens (tertiary/aromatic N) is 3. The van der Waals surface area contributed by atoms with Gasteiger partial charge in [0.1, 0.15) is 11.9 Å². The Morgan fingerprint density at radius 3 is 2.36 bits per heavy atom. The lowest BCUT2D eigenvalue weighted by atomic mass is 10.1. The Bertz CT molecular complexity index is 295. The molecule has 0 saturated carbocycles. The maximum Gasteiger partial charge on any atom is 0.349 e. The van der Waals surface area contributed by atoms with Crippen LogP contribution in [0, 0.1) is 11.3 Å². The van der Waals surface area contributed by atoms with Crippen molar-refractivity contribution < 1.29 is 9.53 Å². The molecule has 0 aromatic rings. The molecule has 0 aliphatic carbocycles. The first-order valence-corrected chi connectivity index (χ1v) is 4.15. The van der Waals surface area contributed by atoms with Crippen molar-refractivity contribution in [2.75, 3.05) is 28.3 Å². The summed E-state index contributed by atoms with van der Waals surface area (Å²) in [6.07, 6.45) is 0. The zero-order valence-electron chi connectivity index (χ0n) is 8.54. The van der Waals surface area contributed by atoms with E-state index in [1.54, 1.807) is 20.2 Å². The molecule has 78 valence electrons. The summed E-state index contributed by atoms with van der Waals surface area (Å²) < 4.78 is 4.44. The molecule has 0 rings (SSSR count). The van der Waals surface area contributed by atoms with Gasteiger partial charge < -0.3 is 9.64 Å². The van der Waals surface area contributed by atoms with Gasteiger partial charge in [-0.25, -0.2) is 4.79 Å². The molecule has 1 atom stereocenters. The molecular formula is C8H12ClN3O2. The molecule has 0 heterocycles. The van der Waals surface area contributed by atoms with Gasteiger partial charge in [-0.3, -0.25) is 4.99 Å². The standard InChI is InChI=1S/C8H12ClN3O2/c1-11-6(12(2)3)8(9,5-10)7(13)14-4/h1-4H3. The fourth-order valence-electron chi connectivity index (χ4n) is 0.990. The van der Waals surface area contributed by atoms with Crippen LogP contribution in [0.15, 0.2) is 4.99 Å². The molecule has 0 aliphatic heterocycles. The van der Waals surface area contributed by atoms with E-state index in [9.17, 15) is 4.79 Å². The molecule has 0 fully saturated rings. The van der Waals surface area contributed by atoms with Gasteiger partial charge in [0.05, 0.1) is 7.11 Å². The highest BCUT2D eigenvalue weighted by Gasteiger charge is 2.44. The molecule has 0 spiro atoms. The molecule has 5 nitrogen and oxygen atoms in total. The summed E-state index contributed by atoms with van der Waals surface area (Å²) in [6.45, 7) is 0. The van der Waals surface area contributed by atoms with Crippen molar-refractivity contribution in [2.24, 2.45) is 4.99 Å². The molecule has 0 N–H and O–H groups in total. The third-order valence-electron chi connectivity index (χ3n) is 1.56. The number of esters is 1. The Kier molecular flexibility index (Phi) is 4.38. The number of carbonyl (C=O) groups excluding carboxylic acids is 1. The summed E-state index contributed by atoms with van der Waals surface area (Å²) in [4.78, 5) is 14.7. The van der Waals surface area contributed by atoms with Crippen molar-refractivity contribution in [1.29, 1.82) is 5.26 Å². The molecule has 0 aliphatic rings. The van der Waals surface area contributed by atoms with Crippen LogP contribution >= 0.6 is 11.6 Å². The van der Waals surface area contributed by atoms with Crippen LogP contribution in [-0.4, -0.2) is 49.8 Å². The van der Waals surface area contributed by atoms with E-state index < -0.39 is 10.8 Å². The fraction of sp³-hybridized carbons (Fsp3) is 0.625. The molecular weight excluding hydrogens is 206 g/mol. The zero-order valence-corrected chi connectivity index (χ0v) is 9.29. The molecule has 0 aromatic heterocycles. The van der Waals surface area contributed by atoms with Crippen molar-refractivity contribution in [3.05, 3.63) is 0 Å². The summed E-state index contributed by atoms with van der Waals surface area (Å²) in [5.41, 5.74) is 0. The number of alkyl halides is 1. The lowest BCUT2D eigenvalue weighted by Crippen LogP contribution is -2.47. The van der Waals surface area contributed by atoms with Crippen LogP contribution in [0.3, 0.4) is 0 Å². The Hall–Kier alpha value is -1.28. The zero-order chi connectivity index (χ0) is 11.4. The maximum absolute atomic E-state index is 11.3. The van der Waals surface area contributed by atoms with Crippen LogP contribution in [0.25, 0.3) is 0 Å². The van der Waals surface area contributed by atoms with E-state index in [4.69, 9.17) is 16.9 Å². The van der Waals surface area contributed by atoms with Gasteiger partial charge in [-0.05, 0) is 0 Å². The number of hydrogen-bond acceptors (Lipinski definition) is 4. The van der Waals surface area contributed by atoms with Crippen molar-refractivity contribution in [3.8, 4) is 6.07 Å². The minimum atomic E-state index is -1.87. The molecule has 14 heavy (non-hydrogen) atoms. The van der Waals surface area contributed by atoms with Crippen molar-refractivity contribution >= 4 is 23.4 Å². The van der Waals surface area contributed by atoms with E-state index in [-0.39, 0.29) is 5.84 Å². The number of carbonyl (C=O) groups is 1. The number of aliphatic imine (C=N–C) groups is 1. The fourth-order valence-corrected chi connectivity index (χ4v) is 1.32. The van der Waals surface area contributed by atoms with Gasteiger partial charge in [-0.2, -0.15) is 5.26 Å². The average Bonchev–Trinajstić information content (AvgIpc) is 2.16. The summed E-state index contributed by atoms with van der Waals surface area (Å²) in [6, 6.07) is 1.68. The lowest BCUT2D eigenvalue weighted by molar-refractivity contribution is -0.140. The highest BCUT2D eigenvalue weighted by Crippen LogP contribution is 2.19. The van der Waals surface area contributed by atoms with Crippen molar-refractivity contribution in [3.63, 3.8) is 0 Å². The number of amidine groups is 1. The average molecular weight is 218 g/mol. The third kappa shape index (κ3) is 2.15. The third-order valence-corrected chi connectivity index (χ3v) is 1.97. The first kappa shape index (κ1) is 12.7. The van der Waals surface area contributed by atoms with E-state index in [0.717, 1.165) is 0 Å². The maximum atomic E-state index is 11.3. The molecule has 0 bridgehead atoms. The highest BCUT2D eigenvalue weighted by atomic mass is 35.5. The predicted octanol–water partition coefficient (Wildman–Crippen LogP) is 0.250. The van der Waals surface area contributed by atoms with Crippen LogP contribution in [0.2, 0.25) is 0 Å². The molecule has 0 saturated heterocycles. The Labute approximate surface area is 87.9 Å². The van der Waals surface area contributed by atoms with Crippen LogP contribution in [0.1, 0.15) is 0 Å². The van der Waals surface area contributed by atoms with Crippen LogP contribution in [0.5, 0.6) is 0 Å². The summed E-state index contributed by atoms with van der Waals surface area (Å²) >= 11 is 5.83. The van der Waals surface area contributed by atoms with Crippen LogP contribution in [0.4, 0.5) is 0 Å². The van der Waals surface area contributed by atoms with E-state index >= 15 is 0 Å². The SMILES string of the molecule is CN=C(N(C)C)C(Cl)(C#N)C(=O)OC. The van der Waals surface area contributed by atoms with Gasteiger partial charge in [-0.15, -0.1) is 0 Å². The van der Waals surface area contributed by atoms with Crippen LogP contribution < -0.4 is 0 Å². The molecule has 0 aromatic carbocycles. The minimum Gasteiger partial charge on any atom is -0.467 e. The van der Waals surface area contributed by atoms with E-state index in [1.165, 1.54) is 19.1 Å². The lowest BCUT2D eigenvalue weighted by Gasteiger charge is -2.23. The topological polar surface area (TPSA) is 65.7 Å². The second-order valence-electron chi connectivity index (χ2n) is 2.70. The van der Waals surface area contributed by atoms with E-state index in [0.29, 0.717) is 0 Å².